The van der Waals surface area contributed by atoms with Crippen LogP contribution < -0.4 is 5.32 Å². The third-order valence-corrected chi connectivity index (χ3v) is 6.44. The number of piperidine rings is 1. The van der Waals surface area contributed by atoms with Gasteiger partial charge in [-0.2, -0.15) is 0 Å². The Morgan fingerprint density at radius 1 is 0.844 bits per heavy atom. The number of hydrogen-bond donors (Lipinski definition) is 1. The first-order valence-corrected chi connectivity index (χ1v) is 11.2. The van der Waals surface area contributed by atoms with Crippen LogP contribution in [-0.2, 0) is 4.84 Å². The van der Waals surface area contributed by atoms with Crippen molar-refractivity contribution in [2.75, 3.05) is 13.1 Å². The van der Waals surface area contributed by atoms with Crippen molar-refractivity contribution in [1.29, 1.82) is 0 Å². The lowest BCUT2D eigenvalue weighted by Gasteiger charge is -2.37. The summed E-state index contributed by atoms with van der Waals surface area (Å²) in [6, 6.07) is 30.2. The van der Waals surface area contributed by atoms with Crippen molar-refractivity contribution in [1.82, 2.24) is 10.2 Å². The molecule has 0 bridgehead atoms. The van der Waals surface area contributed by atoms with Crippen LogP contribution in [0.3, 0.4) is 0 Å². The van der Waals surface area contributed by atoms with E-state index in [1.54, 1.807) is 0 Å². The Bertz CT molecular complexity index is 1040. The van der Waals surface area contributed by atoms with Crippen molar-refractivity contribution in [3.63, 3.8) is 0 Å². The lowest BCUT2D eigenvalue weighted by Crippen LogP contribution is -2.50. The van der Waals surface area contributed by atoms with Gasteiger partial charge in [-0.15, -0.1) is 0 Å². The second-order valence-electron chi connectivity index (χ2n) is 8.55. The second-order valence-corrected chi connectivity index (χ2v) is 8.55. The molecule has 0 unspecified atom stereocenters. The summed E-state index contributed by atoms with van der Waals surface area (Å²) in [6.07, 6.45) is 2.35. The molecule has 5 heteroatoms. The van der Waals surface area contributed by atoms with Crippen LogP contribution in [0, 0.1) is 0 Å². The first kappa shape index (κ1) is 20.3. The number of carbonyl (C=O) groups excluding carboxylic acids is 1. The molecule has 2 aliphatic heterocycles. The summed E-state index contributed by atoms with van der Waals surface area (Å²) in [5.74, 6) is 0. The van der Waals surface area contributed by atoms with E-state index < -0.39 is 0 Å². The topological polar surface area (TPSA) is 53.9 Å². The number of nitrogens with zero attached hydrogens (tertiary/aromatic N) is 2. The number of urea groups is 1. The molecule has 32 heavy (non-hydrogen) atoms. The average molecular weight is 426 g/mol. The molecule has 0 atom stereocenters. The van der Waals surface area contributed by atoms with E-state index in [1.807, 2.05) is 59.5 Å². The normalized spacial score (nSPS) is 17.2. The molecule has 1 spiro atoms. The predicted octanol–water partition coefficient (Wildman–Crippen LogP) is 5.14. The molecule has 0 aromatic heterocycles. The molecule has 1 saturated heterocycles. The van der Waals surface area contributed by atoms with E-state index >= 15 is 0 Å². The summed E-state index contributed by atoms with van der Waals surface area (Å²) >= 11 is 0. The Kier molecular flexibility index (Phi) is 5.63. The number of hydrogen-bond acceptors (Lipinski definition) is 3. The smallest absolute Gasteiger partial charge is 0.318 e. The Balaban J connectivity index is 1.23. The molecule has 2 heterocycles. The maximum Gasteiger partial charge on any atom is 0.318 e. The number of likely N-dealkylation sites (tertiary alicyclic amines) is 1. The monoisotopic (exact) mass is 425 g/mol. The fourth-order valence-electron chi connectivity index (χ4n) is 4.56. The van der Waals surface area contributed by atoms with Crippen LogP contribution in [0.1, 0.15) is 42.0 Å². The summed E-state index contributed by atoms with van der Waals surface area (Å²) < 4.78 is 0. The molecule has 162 valence electrons. The van der Waals surface area contributed by atoms with Crippen LogP contribution >= 0.6 is 0 Å². The number of amides is 2. The van der Waals surface area contributed by atoms with Gasteiger partial charge in [0, 0.05) is 32.4 Å². The number of rotatable bonds is 4. The number of carbonyl (C=O) groups is 1. The molecule has 0 aliphatic carbocycles. The third-order valence-electron chi connectivity index (χ3n) is 6.44. The van der Waals surface area contributed by atoms with Crippen LogP contribution in [0.4, 0.5) is 4.79 Å². The molecule has 0 radical (unpaired) electrons. The molecule has 1 fully saturated rings. The molecular formula is C27H27N3O2. The SMILES string of the molecule is O=C(NC(c1ccccc1)c1ccccc1)N1CCC2(CC1)CC(c1ccccc1)=NO2. The fraction of sp³-hybridized carbons (Fsp3) is 0.259. The van der Waals surface area contributed by atoms with Crippen molar-refractivity contribution < 1.29 is 9.63 Å². The molecule has 5 rings (SSSR count). The van der Waals surface area contributed by atoms with Gasteiger partial charge in [-0.3, -0.25) is 0 Å². The first-order chi connectivity index (χ1) is 15.7. The summed E-state index contributed by atoms with van der Waals surface area (Å²) in [5.41, 5.74) is 3.95. The van der Waals surface area contributed by atoms with E-state index in [-0.39, 0.29) is 17.7 Å². The predicted molar refractivity (Wildman–Crippen MR) is 125 cm³/mol. The maximum atomic E-state index is 13.2. The van der Waals surface area contributed by atoms with Gasteiger partial charge >= 0.3 is 6.03 Å². The van der Waals surface area contributed by atoms with Gasteiger partial charge < -0.3 is 15.1 Å². The Labute approximate surface area is 188 Å². The highest BCUT2D eigenvalue weighted by Crippen LogP contribution is 2.36. The largest absolute Gasteiger partial charge is 0.388 e. The van der Waals surface area contributed by atoms with Gasteiger partial charge in [0.15, 0.2) is 0 Å². The van der Waals surface area contributed by atoms with Gasteiger partial charge in [-0.1, -0.05) is 96.2 Å². The number of nitrogens with one attached hydrogen (secondary N) is 1. The molecule has 3 aromatic carbocycles. The standard InChI is InChI=1S/C27H27N3O2/c31-26(28-25(22-12-6-2-7-13-22)23-14-8-3-9-15-23)30-18-16-27(17-19-30)20-24(29-32-27)21-10-4-1-5-11-21/h1-15,25H,16-20H2,(H,28,31). The summed E-state index contributed by atoms with van der Waals surface area (Å²) in [4.78, 5) is 21.0. The Hall–Kier alpha value is -3.60. The minimum Gasteiger partial charge on any atom is -0.388 e. The third kappa shape index (κ3) is 4.24. The lowest BCUT2D eigenvalue weighted by molar-refractivity contribution is -0.0551. The van der Waals surface area contributed by atoms with Gasteiger partial charge in [0.25, 0.3) is 0 Å². The summed E-state index contributed by atoms with van der Waals surface area (Å²) in [6.45, 7) is 1.31. The minimum atomic E-state index is -0.291. The molecule has 1 N–H and O–H groups in total. The van der Waals surface area contributed by atoms with Crippen LogP contribution in [0.2, 0.25) is 0 Å². The highest BCUT2D eigenvalue weighted by Gasteiger charge is 2.43. The van der Waals surface area contributed by atoms with E-state index in [0.29, 0.717) is 13.1 Å². The molecule has 2 aliphatic rings. The van der Waals surface area contributed by atoms with Crippen LogP contribution in [0.5, 0.6) is 0 Å². The molecule has 5 nitrogen and oxygen atoms in total. The Morgan fingerprint density at radius 2 is 1.38 bits per heavy atom. The molecule has 0 saturated carbocycles. The van der Waals surface area contributed by atoms with E-state index in [2.05, 4.69) is 46.9 Å². The van der Waals surface area contributed by atoms with Gasteiger partial charge in [-0.05, 0) is 16.7 Å². The number of oxime groups is 1. The van der Waals surface area contributed by atoms with Gasteiger partial charge in [-0.25, -0.2) is 4.79 Å². The Morgan fingerprint density at radius 3 is 1.94 bits per heavy atom. The van der Waals surface area contributed by atoms with Crippen LogP contribution in [-0.4, -0.2) is 35.3 Å². The minimum absolute atomic E-state index is 0.0419. The fourth-order valence-corrected chi connectivity index (χ4v) is 4.56. The van der Waals surface area contributed by atoms with Crippen molar-refractivity contribution in [2.45, 2.75) is 30.9 Å². The van der Waals surface area contributed by atoms with Crippen molar-refractivity contribution in [2.24, 2.45) is 5.16 Å². The van der Waals surface area contributed by atoms with Crippen LogP contribution in [0.15, 0.2) is 96.2 Å². The second kappa shape index (κ2) is 8.87. The molecule has 3 aromatic rings. The lowest BCUT2D eigenvalue weighted by atomic mass is 9.85. The van der Waals surface area contributed by atoms with E-state index in [4.69, 9.17) is 4.84 Å². The van der Waals surface area contributed by atoms with E-state index in [0.717, 1.165) is 41.7 Å². The van der Waals surface area contributed by atoms with E-state index in [1.165, 1.54) is 0 Å². The zero-order valence-corrected chi connectivity index (χ0v) is 18.0. The average Bonchev–Trinajstić information content (AvgIpc) is 3.28. The summed E-state index contributed by atoms with van der Waals surface area (Å²) in [5, 5.41) is 7.63. The van der Waals surface area contributed by atoms with Crippen LogP contribution in [0.25, 0.3) is 0 Å². The number of benzene rings is 3. The van der Waals surface area contributed by atoms with Gasteiger partial charge in [0.05, 0.1) is 11.8 Å². The zero-order valence-electron chi connectivity index (χ0n) is 18.0. The van der Waals surface area contributed by atoms with Crippen molar-refractivity contribution in [3.8, 4) is 0 Å². The van der Waals surface area contributed by atoms with Gasteiger partial charge in [0.1, 0.15) is 5.60 Å². The highest BCUT2D eigenvalue weighted by molar-refractivity contribution is 6.01. The van der Waals surface area contributed by atoms with Crippen molar-refractivity contribution in [3.05, 3.63) is 108 Å². The molecule has 2 amide bonds. The van der Waals surface area contributed by atoms with Gasteiger partial charge in [0.2, 0.25) is 0 Å². The first-order valence-electron chi connectivity index (χ1n) is 11.2. The summed E-state index contributed by atoms with van der Waals surface area (Å²) in [7, 11) is 0. The van der Waals surface area contributed by atoms with E-state index in [9.17, 15) is 4.79 Å². The maximum absolute atomic E-state index is 13.2. The van der Waals surface area contributed by atoms with Crippen molar-refractivity contribution >= 4 is 11.7 Å². The quantitative estimate of drug-likeness (QED) is 0.629. The zero-order chi connectivity index (χ0) is 21.8. The molecular weight excluding hydrogens is 398 g/mol. The highest BCUT2D eigenvalue weighted by atomic mass is 16.7.